The lowest BCUT2D eigenvalue weighted by molar-refractivity contribution is -0.192. The summed E-state index contributed by atoms with van der Waals surface area (Å²) in [4.78, 5) is 21.5. The molecule has 0 radical (unpaired) electrons. The molecule has 1 aliphatic heterocycles. The van der Waals surface area contributed by atoms with Crippen LogP contribution in [0.4, 0.5) is 13.2 Å². The van der Waals surface area contributed by atoms with Gasteiger partial charge in [0.15, 0.2) is 0 Å². The first kappa shape index (κ1) is 15.7. The molecule has 0 aromatic rings. The van der Waals surface area contributed by atoms with Crippen LogP contribution in [-0.2, 0) is 9.59 Å². The molecule has 5 nitrogen and oxygen atoms in total. The van der Waals surface area contributed by atoms with Crippen LogP contribution in [-0.4, -0.2) is 54.2 Å². The first-order valence-electron chi connectivity index (χ1n) is 4.90. The second-order valence-electron chi connectivity index (χ2n) is 3.58. The van der Waals surface area contributed by atoms with Gasteiger partial charge < -0.3 is 15.3 Å². The van der Waals surface area contributed by atoms with Crippen LogP contribution in [0.15, 0.2) is 0 Å². The molecule has 1 atom stereocenters. The molecule has 0 bridgehead atoms. The number of aliphatic carboxylic acids is 1. The second kappa shape index (κ2) is 6.43. The van der Waals surface area contributed by atoms with Gasteiger partial charge in [0, 0.05) is 26.6 Å². The number of carboxylic acid groups (broad SMARTS) is 1. The fourth-order valence-electron chi connectivity index (χ4n) is 1.23. The predicted octanol–water partition coefficient (Wildman–Crippen LogP) is 0.460. The first-order chi connectivity index (χ1) is 7.66. The number of halogens is 3. The van der Waals surface area contributed by atoms with Crippen LogP contribution in [0, 0.1) is 0 Å². The molecule has 0 spiro atoms. The third-order valence-corrected chi connectivity index (χ3v) is 2.32. The highest BCUT2D eigenvalue weighted by Crippen LogP contribution is 2.13. The Labute approximate surface area is 96.6 Å². The van der Waals surface area contributed by atoms with E-state index in [1.807, 2.05) is 7.05 Å². The van der Waals surface area contributed by atoms with Crippen LogP contribution < -0.4 is 5.32 Å². The summed E-state index contributed by atoms with van der Waals surface area (Å²) in [6, 6.07) is 0.428. The van der Waals surface area contributed by atoms with E-state index >= 15 is 0 Å². The Balaban J connectivity index is 0.000000325. The average molecular weight is 256 g/mol. The zero-order valence-electron chi connectivity index (χ0n) is 9.54. The van der Waals surface area contributed by atoms with Crippen molar-refractivity contribution in [3.05, 3.63) is 0 Å². The molecular weight excluding hydrogens is 241 g/mol. The summed E-state index contributed by atoms with van der Waals surface area (Å²) in [5, 5.41) is 10.3. The fraction of sp³-hybridized carbons (Fsp3) is 0.778. The van der Waals surface area contributed by atoms with E-state index < -0.39 is 12.1 Å². The Morgan fingerprint density at radius 3 is 2.12 bits per heavy atom. The van der Waals surface area contributed by atoms with Gasteiger partial charge in [0.25, 0.3) is 0 Å². The number of carboxylic acids is 1. The standard InChI is InChI=1S/C7H14N2O.C2HF3O2/c1-6(10)9(2)7-3-4-8-5-7;3-2(4,5)1(6)7/h7-8H,3-5H2,1-2H3;(H,6,7). The minimum Gasteiger partial charge on any atom is -0.475 e. The van der Waals surface area contributed by atoms with Gasteiger partial charge in [-0.2, -0.15) is 13.2 Å². The van der Waals surface area contributed by atoms with Crippen molar-refractivity contribution in [1.82, 2.24) is 10.2 Å². The van der Waals surface area contributed by atoms with E-state index in [0.717, 1.165) is 19.5 Å². The van der Waals surface area contributed by atoms with Crippen LogP contribution in [0.3, 0.4) is 0 Å². The summed E-state index contributed by atoms with van der Waals surface area (Å²) in [6.07, 6.45) is -3.99. The highest BCUT2D eigenvalue weighted by atomic mass is 19.4. The molecule has 1 unspecified atom stereocenters. The van der Waals surface area contributed by atoms with Gasteiger partial charge in [-0.25, -0.2) is 4.79 Å². The minimum absolute atomic E-state index is 0.161. The third kappa shape index (κ3) is 6.10. The van der Waals surface area contributed by atoms with E-state index in [9.17, 15) is 18.0 Å². The number of carbonyl (C=O) groups is 2. The minimum atomic E-state index is -5.08. The van der Waals surface area contributed by atoms with Crippen molar-refractivity contribution in [2.75, 3.05) is 20.1 Å². The smallest absolute Gasteiger partial charge is 0.475 e. The maximum absolute atomic E-state index is 10.8. The number of amides is 1. The molecule has 1 amide bonds. The largest absolute Gasteiger partial charge is 0.490 e. The van der Waals surface area contributed by atoms with E-state index in [-0.39, 0.29) is 5.91 Å². The molecular formula is C9H15F3N2O3. The Hall–Kier alpha value is -1.31. The summed E-state index contributed by atoms with van der Waals surface area (Å²) in [5.41, 5.74) is 0. The second-order valence-corrected chi connectivity index (χ2v) is 3.58. The number of nitrogens with zero attached hydrogens (tertiary/aromatic N) is 1. The molecule has 0 aliphatic carbocycles. The van der Waals surface area contributed by atoms with Gasteiger partial charge in [-0.15, -0.1) is 0 Å². The highest BCUT2D eigenvalue weighted by Gasteiger charge is 2.38. The lowest BCUT2D eigenvalue weighted by atomic mass is 10.2. The van der Waals surface area contributed by atoms with Crippen LogP contribution in [0.2, 0.25) is 0 Å². The van der Waals surface area contributed by atoms with Gasteiger partial charge >= 0.3 is 12.1 Å². The molecule has 1 fully saturated rings. The fourth-order valence-corrected chi connectivity index (χ4v) is 1.23. The van der Waals surface area contributed by atoms with Crippen molar-refractivity contribution in [3.8, 4) is 0 Å². The maximum atomic E-state index is 10.8. The zero-order chi connectivity index (χ0) is 13.6. The summed E-state index contributed by atoms with van der Waals surface area (Å²) >= 11 is 0. The van der Waals surface area contributed by atoms with Crippen molar-refractivity contribution in [2.24, 2.45) is 0 Å². The molecule has 100 valence electrons. The van der Waals surface area contributed by atoms with Crippen LogP contribution >= 0.6 is 0 Å². The number of likely N-dealkylation sites (N-methyl/N-ethyl adjacent to an activating group) is 1. The normalized spacial score (nSPS) is 19.2. The zero-order valence-corrected chi connectivity index (χ0v) is 9.54. The number of hydrogen-bond acceptors (Lipinski definition) is 3. The monoisotopic (exact) mass is 256 g/mol. The number of rotatable bonds is 1. The average Bonchev–Trinajstić information content (AvgIpc) is 2.68. The number of nitrogens with one attached hydrogen (secondary N) is 1. The first-order valence-corrected chi connectivity index (χ1v) is 4.90. The Bertz CT molecular complexity index is 275. The third-order valence-electron chi connectivity index (χ3n) is 2.32. The van der Waals surface area contributed by atoms with Gasteiger partial charge in [-0.3, -0.25) is 4.79 Å². The lowest BCUT2D eigenvalue weighted by Crippen LogP contribution is -2.36. The molecule has 0 aromatic carbocycles. The highest BCUT2D eigenvalue weighted by molar-refractivity contribution is 5.73. The molecule has 1 heterocycles. The molecule has 2 N–H and O–H groups in total. The van der Waals surface area contributed by atoms with Crippen molar-refractivity contribution in [3.63, 3.8) is 0 Å². The molecule has 17 heavy (non-hydrogen) atoms. The van der Waals surface area contributed by atoms with Crippen LogP contribution in [0.25, 0.3) is 0 Å². The van der Waals surface area contributed by atoms with Crippen molar-refractivity contribution in [1.29, 1.82) is 0 Å². The quantitative estimate of drug-likeness (QED) is 0.715. The topological polar surface area (TPSA) is 69.6 Å². The van der Waals surface area contributed by atoms with Gasteiger partial charge in [-0.05, 0) is 13.0 Å². The number of hydrogen-bond donors (Lipinski definition) is 2. The molecule has 0 saturated carbocycles. The van der Waals surface area contributed by atoms with Crippen LogP contribution in [0.5, 0.6) is 0 Å². The van der Waals surface area contributed by atoms with E-state index in [0.29, 0.717) is 6.04 Å². The van der Waals surface area contributed by atoms with Gasteiger partial charge in [0.2, 0.25) is 5.91 Å². The summed E-state index contributed by atoms with van der Waals surface area (Å²) in [7, 11) is 1.86. The SMILES string of the molecule is CC(=O)N(C)C1CCNC1.O=C(O)C(F)(F)F. The number of carbonyl (C=O) groups excluding carboxylic acids is 1. The summed E-state index contributed by atoms with van der Waals surface area (Å²) in [5.74, 6) is -2.60. The van der Waals surface area contributed by atoms with Gasteiger partial charge in [0.1, 0.15) is 0 Å². The molecule has 8 heteroatoms. The summed E-state index contributed by atoms with van der Waals surface area (Å²) in [6.45, 7) is 3.61. The van der Waals surface area contributed by atoms with Gasteiger partial charge in [-0.1, -0.05) is 0 Å². The van der Waals surface area contributed by atoms with E-state index in [4.69, 9.17) is 9.90 Å². The molecule has 1 rings (SSSR count). The number of alkyl halides is 3. The molecule has 1 saturated heterocycles. The summed E-state index contributed by atoms with van der Waals surface area (Å²) < 4.78 is 31.7. The molecule has 0 aromatic heterocycles. The Morgan fingerprint density at radius 2 is 1.88 bits per heavy atom. The van der Waals surface area contributed by atoms with Crippen molar-refractivity contribution < 1.29 is 27.9 Å². The van der Waals surface area contributed by atoms with E-state index in [2.05, 4.69) is 5.32 Å². The van der Waals surface area contributed by atoms with Crippen molar-refractivity contribution in [2.45, 2.75) is 25.6 Å². The predicted molar refractivity (Wildman–Crippen MR) is 53.4 cm³/mol. The van der Waals surface area contributed by atoms with E-state index in [1.165, 1.54) is 0 Å². The maximum Gasteiger partial charge on any atom is 0.490 e. The van der Waals surface area contributed by atoms with Crippen LogP contribution in [0.1, 0.15) is 13.3 Å². The van der Waals surface area contributed by atoms with Gasteiger partial charge in [0.05, 0.1) is 0 Å². The Kier molecular flexibility index (Phi) is 5.94. The Morgan fingerprint density at radius 1 is 1.41 bits per heavy atom. The lowest BCUT2D eigenvalue weighted by Gasteiger charge is -2.21. The van der Waals surface area contributed by atoms with E-state index in [1.54, 1.807) is 11.8 Å². The van der Waals surface area contributed by atoms with Crippen molar-refractivity contribution >= 4 is 11.9 Å². The molecule has 1 aliphatic rings.